The number of halogens is 2. The highest BCUT2D eigenvalue weighted by Gasteiger charge is 2.19. The van der Waals surface area contributed by atoms with E-state index in [1.54, 1.807) is 69.3 Å². The van der Waals surface area contributed by atoms with Crippen molar-refractivity contribution >= 4 is 45.0 Å². The van der Waals surface area contributed by atoms with Gasteiger partial charge in [0.1, 0.15) is 5.82 Å². The van der Waals surface area contributed by atoms with E-state index in [4.69, 9.17) is 33.3 Å². The molecule has 0 radical (unpaired) electrons. The largest absolute Gasteiger partial charge is 0.478 e. The van der Waals surface area contributed by atoms with Crippen molar-refractivity contribution in [1.82, 2.24) is 13.9 Å². The maximum atomic E-state index is 13.0. The van der Waals surface area contributed by atoms with Crippen LogP contribution in [0, 0.1) is 12.3 Å². The van der Waals surface area contributed by atoms with Crippen LogP contribution in [0.25, 0.3) is 11.3 Å². The lowest BCUT2D eigenvalue weighted by atomic mass is 10.1. The van der Waals surface area contributed by atoms with Gasteiger partial charge in [0, 0.05) is 61.1 Å². The second-order valence-electron chi connectivity index (χ2n) is 10.3. The number of carboxylic acid groups (broad SMARTS) is 1. The van der Waals surface area contributed by atoms with Gasteiger partial charge in [0.2, 0.25) is 0 Å². The zero-order valence-corrected chi connectivity index (χ0v) is 33.1. The number of aromatic nitrogens is 2. The lowest BCUT2D eigenvalue weighted by Crippen LogP contribution is -2.21. The molecule has 0 aliphatic rings. The molecule has 3 rings (SSSR count). The second-order valence-corrected chi connectivity index (χ2v) is 13.2. The molecule has 0 saturated heterocycles. The highest BCUT2D eigenvalue weighted by molar-refractivity contribution is 7.89. The summed E-state index contributed by atoms with van der Waals surface area (Å²) in [6, 6.07) is 11.4. The molecule has 2 aromatic carbocycles. The summed E-state index contributed by atoms with van der Waals surface area (Å²) >= 11 is 12.4. The van der Waals surface area contributed by atoms with Crippen LogP contribution in [0.4, 0.5) is 0 Å². The van der Waals surface area contributed by atoms with Crippen molar-refractivity contribution in [2.45, 2.75) is 66.2 Å². The molecule has 0 spiro atoms. The molecule has 0 amide bonds. The summed E-state index contributed by atoms with van der Waals surface area (Å²) in [5.74, 6) is 2.09. The Morgan fingerprint density at radius 2 is 1.71 bits per heavy atom. The fourth-order valence-electron chi connectivity index (χ4n) is 3.95. The third-order valence-electron chi connectivity index (χ3n) is 6.56. The van der Waals surface area contributed by atoms with Crippen LogP contribution in [0.15, 0.2) is 113 Å². The van der Waals surface area contributed by atoms with Crippen molar-refractivity contribution in [2.24, 2.45) is 7.05 Å². The van der Waals surface area contributed by atoms with Gasteiger partial charge in [-0.2, -0.15) is 0 Å². The third kappa shape index (κ3) is 15.9. The van der Waals surface area contributed by atoms with Gasteiger partial charge in [-0.1, -0.05) is 92.6 Å². The number of nitrogens with zero attached hydrogens (tertiary/aromatic N) is 3. The first-order valence-electron chi connectivity index (χ1n) is 16.2. The maximum Gasteiger partial charge on any atom is 0.331 e. The molecular formula is C40H49Cl2N3O5S. The zero-order chi connectivity index (χ0) is 39.1. The first-order chi connectivity index (χ1) is 24.2. The third-order valence-corrected chi connectivity index (χ3v) is 8.84. The summed E-state index contributed by atoms with van der Waals surface area (Å²) < 4.78 is 29.1. The van der Waals surface area contributed by atoms with Crippen molar-refractivity contribution in [3.05, 3.63) is 130 Å². The fourth-order valence-corrected chi connectivity index (χ4v) is 5.54. The Balaban J connectivity index is 0.00000152. The first kappa shape index (κ1) is 46.4. The predicted molar refractivity (Wildman–Crippen MR) is 212 cm³/mol. The fraction of sp³-hybridized carbons (Fsp3) is 0.275. The number of hydrogen-bond acceptors (Lipinski definition) is 5. The van der Waals surface area contributed by atoms with Gasteiger partial charge in [-0.25, -0.2) is 18.2 Å². The van der Waals surface area contributed by atoms with Crippen LogP contribution in [0.1, 0.15) is 71.1 Å². The average Bonchev–Trinajstić information content (AvgIpc) is 3.47. The summed E-state index contributed by atoms with van der Waals surface area (Å²) in [6.07, 6.45) is 21.2. The molecule has 0 aliphatic heterocycles. The number of ketones is 1. The second kappa shape index (κ2) is 24.5. The maximum absolute atomic E-state index is 13.0. The van der Waals surface area contributed by atoms with Crippen molar-refractivity contribution in [1.29, 1.82) is 0 Å². The Kier molecular flexibility index (Phi) is 22.3. The lowest BCUT2D eigenvalue weighted by molar-refractivity contribution is -0.132. The van der Waals surface area contributed by atoms with E-state index < -0.39 is 16.0 Å². The Hall–Kier alpha value is -4.62. The topological polar surface area (TPSA) is 110 Å². The van der Waals surface area contributed by atoms with Crippen LogP contribution in [-0.4, -0.2) is 46.2 Å². The Morgan fingerprint density at radius 3 is 2.25 bits per heavy atom. The van der Waals surface area contributed by atoms with Crippen molar-refractivity contribution in [2.75, 3.05) is 7.05 Å². The summed E-state index contributed by atoms with van der Waals surface area (Å²) in [5, 5.41) is 9.39. The number of carboxylic acids is 1. The SMILES string of the molecule is C#CC.C/C=C\C=C(/C)C(=O)O.CC.C\C=C/C(=C\C=C\N(C)S(=O)(=O)c1cccc(C(=O)CC)c1)Cc1nc(-c2ccc(Cl)cc2Cl)cn1C. The number of sulfonamides is 1. The van der Waals surface area contributed by atoms with E-state index in [9.17, 15) is 18.0 Å². The number of carbonyl (C=O) groups is 2. The van der Waals surface area contributed by atoms with Crippen LogP contribution < -0.4 is 0 Å². The molecule has 0 bridgehead atoms. The summed E-state index contributed by atoms with van der Waals surface area (Å²) in [4.78, 5) is 26.9. The van der Waals surface area contributed by atoms with Gasteiger partial charge < -0.3 is 9.67 Å². The van der Waals surface area contributed by atoms with E-state index in [1.807, 2.05) is 69.8 Å². The number of imidazole rings is 1. The van der Waals surface area contributed by atoms with Crippen LogP contribution in [0.3, 0.4) is 0 Å². The molecule has 1 heterocycles. The lowest BCUT2D eigenvalue weighted by Gasteiger charge is -2.15. The van der Waals surface area contributed by atoms with Gasteiger partial charge in [-0.15, -0.1) is 12.3 Å². The Labute approximate surface area is 314 Å². The van der Waals surface area contributed by atoms with Gasteiger partial charge >= 0.3 is 5.97 Å². The molecule has 0 unspecified atom stereocenters. The number of terminal acetylenes is 1. The van der Waals surface area contributed by atoms with Crippen molar-refractivity contribution < 1.29 is 23.1 Å². The van der Waals surface area contributed by atoms with Crippen LogP contribution in [0.5, 0.6) is 0 Å². The Morgan fingerprint density at radius 1 is 1.06 bits per heavy atom. The number of aryl methyl sites for hydroxylation is 1. The minimum atomic E-state index is -3.80. The molecule has 1 N–H and O–H groups in total. The van der Waals surface area contributed by atoms with Gasteiger partial charge in [0.15, 0.2) is 5.78 Å². The molecule has 1 aromatic heterocycles. The van der Waals surface area contributed by atoms with E-state index in [0.717, 1.165) is 27.0 Å². The average molecular weight is 755 g/mol. The highest BCUT2D eigenvalue weighted by Crippen LogP contribution is 2.30. The van der Waals surface area contributed by atoms with Gasteiger partial charge in [-0.3, -0.25) is 9.10 Å². The molecular weight excluding hydrogens is 705 g/mol. The molecule has 0 aliphatic carbocycles. The summed E-state index contributed by atoms with van der Waals surface area (Å²) in [5.41, 5.74) is 3.20. The molecule has 51 heavy (non-hydrogen) atoms. The van der Waals surface area contributed by atoms with Gasteiger partial charge in [0.05, 0.1) is 15.6 Å². The number of Topliss-reactive ketones (excluding diaryl/α,β-unsaturated/α-hetero) is 1. The molecule has 0 saturated carbocycles. The number of hydrogen-bond donors (Lipinski definition) is 1. The molecule has 0 atom stereocenters. The zero-order valence-electron chi connectivity index (χ0n) is 30.8. The number of rotatable bonds is 12. The minimum Gasteiger partial charge on any atom is -0.478 e. The van der Waals surface area contributed by atoms with Crippen LogP contribution in [-0.2, 0) is 28.3 Å². The quantitative estimate of drug-likeness (QED) is 0.0853. The number of allylic oxidation sites excluding steroid dienone is 8. The number of aliphatic carboxylic acids is 1. The van der Waals surface area contributed by atoms with E-state index in [1.165, 1.54) is 25.4 Å². The normalized spacial score (nSPS) is 11.6. The smallest absolute Gasteiger partial charge is 0.331 e. The molecule has 8 nitrogen and oxygen atoms in total. The minimum absolute atomic E-state index is 0.0676. The molecule has 3 aromatic rings. The van der Waals surface area contributed by atoms with E-state index in [0.29, 0.717) is 34.0 Å². The van der Waals surface area contributed by atoms with Crippen molar-refractivity contribution in [3.8, 4) is 23.6 Å². The number of carbonyl (C=O) groups excluding carboxylic acids is 1. The van der Waals surface area contributed by atoms with Crippen molar-refractivity contribution in [3.63, 3.8) is 0 Å². The highest BCUT2D eigenvalue weighted by atomic mass is 35.5. The molecule has 11 heteroatoms. The Bertz CT molecular complexity index is 1900. The molecule has 274 valence electrons. The monoisotopic (exact) mass is 753 g/mol. The standard InChI is InChI=1S/C28H29Cl2N3O3S.C7H10O2.C3H4.C2H6/c1-5-9-20(16-28-31-26(19-32(28)3)24-14-13-22(29)18-25(24)30)10-8-15-33(4)37(35,36)23-12-7-11-21(17-23)27(34)6-2;1-3-4-5-6(2)7(8)9;1-3-2;1-2/h5,7-15,17-19H,6,16H2,1-4H3;3-5H,1-2H3,(H,8,9);1H,2H3;1-2H3/b9-5-,15-8+,20-10+;4-3-,6-5+;;. The molecule has 0 fully saturated rings. The summed E-state index contributed by atoms with van der Waals surface area (Å²) in [7, 11) is -0.429. The van der Waals surface area contributed by atoms with Gasteiger partial charge in [-0.05, 0) is 69.7 Å². The summed E-state index contributed by atoms with van der Waals surface area (Å²) in [6.45, 7) is 12.7. The van der Waals surface area contributed by atoms with Crippen LogP contribution in [0.2, 0.25) is 10.0 Å². The van der Waals surface area contributed by atoms with Crippen LogP contribution >= 0.6 is 23.2 Å². The van der Waals surface area contributed by atoms with E-state index in [-0.39, 0.29) is 10.7 Å². The number of benzene rings is 2. The van der Waals surface area contributed by atoms with E-state index in [2.05, 4.69) is 12.3 Å². The van der Waals surface area contributed by atoms with Gasteiger partial charge in [0.25, 0.3) is 10.0 Å². The van der Waals surface area contributed by atoms with E-state index >= 15 is 0 Å². The first-order valence-corrected chi connectivity index (χ1v) is 18.3. The predicted octanol–water partition coefficient (Wildman–Crippen LogP) is 10.1.